The summed E-state index contributed by atoms with van der Waals surface area (Å²) in [6.07, 6.45) is 2.96. The molecule has 3 N–H and O–H groups in total. The zero-order valence-electron chi connectivity index (χ0n) is 9.72. The molecule has 7 heteroatoms. The average Bonchev–Trinajstić information content (AvgIpc) is 2.38. The van der Waals surface area contributed by atoms with Gasteiger partial charge in [-0.05, 0) is 13.0 Å². The predicted octanol–water partition coefficient (Wildman–Crippen LogP) is 2.25. The lowest BCUT2D eigenvalue weighted by Crippen LogP contribution is -2.01. The second-order valence-corrected chi connectivity index (χ2v) is 3.73. The van der Waals surface area contributed by atoms with Crippen molar-refractivity contribution in [2.45, 2.75) is 6.92 Å². The summed E-state index contributed by atoms with van der Waals surface area (Å²) in [6, 6.07) is 3.57. The number of nitrogens with two attached hydrogens (primary N) is 1. The van der Waals surface area contributed by atoms with E-state index >= 15 is 0 Å². The largest absolute Gasteiger partial charge is 0.478 e. The molecule has 18 heavy (non-hydrogen) atoms. The van der Waals surface area contributed by atoms with Crippen molar-refractivity contribution >= 4 is 28.8 Å². The van der Waals surface area contributed by atoms with Crippen LogP contribution in [0.5, 0.6) is 5.88 Å². The van der Waals surface area contributed by atoms with E-state index in [0.717, 1.165) is 5.69 Å². The Balaban J connectivity index is 2.16. The fraction of sp³-hybridized carbons (Fsp3) is 0.182. The van der Waals surface area contributed by atoms with E-state index in [1.807, 2.05) is 13.0 Å². The van der Waals surface area contributed by atoms with Crippen molar-refractivity contribution in [3.8, 4) is 5.88 Å². The summed E-state index contributed by atoms with van der Waals surface area (Å²) >= 11 is 5.79. The molecule has 6 nitrogen and oxygen atoms in total. The minimum Gasteiger partial charge on any atom is -0.478 e. The zero-order valence-corrected chi connectivity index (χ0v) is 10.5. The number of anilines is 3. The molecule has 0 aliphatic rings. The van der Waals surface area contributed by atoms with Crippen LogP contribution in [0.1, 0.15) is 6.92 Å². The highest BCUT2D eigenvalue weighted by Crippen LogP contribution is 2.25. The highest BCUT2D eigenvalue weighted by Gasteiger charge is 2.06. The molecule has 0 spiro atoms. The van der Waals surface area contributed by atoms with Crippen molar-refractivity contribution in [3.63, 3.8) is 0 Å². The van der Waals surface area contributed by atoms with Gasteiger partial charge in [0, 0.05) is 6.07 Å². The maximum Gasteiger partial charge on any atom is 0.213 e. The van der Waals surface area contributed by atoms with Crippen LogP contribution < -0.4 is 15.8 Å². The maximum absolute atomic E-state index is 5.79. The van der Waals surface area contributed by atoms with Gasteiger partial charge in [-0.15, -0.1) is 0 Å². The van der Waals surface area contributed by atoms with Gasteiger partial charge in [-0.1, -0.05) is 11.6 Å². The molecule has 0 saturated carbocycles. The quantitative estimate of drug-likeness (QED) is 0.825. The average molecular weight is 266 g/mol. The Morgan fingerprint density at radius 1 is 1.33 bits per heavy atom. The van der Waals surface area contributed by atoms with E-state index in [4.69, 9.17) is 22.1 Å². The first-order chi connectivity index (χ1) is 8.70. The number of hydrogen-bond acceptors (Lipinski definition) is 6. The van der Waals surface area contributed by atoms with E-state index in [9.17, 15) is 0 Å². The molecule has 2 aromatic rings. The first-order valence-electron chi connectivity index (χ1n) is 5.32. The van der Waals surface area contributed by atoms with Crippen LogP contribution in [0.25, 0.3) is 0 Å². The monoisotopic (exact) mass is 265 g/mol. The molecule has 0 aromatic carbocycles. The Morgan fingerprint density at radius 3 is 2.83 bits per heavy atom. The highest BCUT2D eigenvalue weighted by atomic mass is 35.5. The summed E-state index contributed by atoms with van der Waals surface area (Å²) in [5, 5.41) is 3.22. The summed E-state index contributed by atoms with van der Waals surface area (Å²) < 4.78 is 5.24. The number of pyridine rings is 1. The first-order valence-corrected chi connectivity index (χ1v) is 5.70. The minimum atomic E-state index is 0.214. The van der Waals surface area contributed by atoms with Crippen LogP contribution in [0.15, 0.2) is 24.7 Å². The molecule has 2 heterocycles. The SMILES string of the molecule is CCOc1ccc(Nc2ncnc(Cl)c2N)cn1. The molecule has 0 atom stereocenters. The standard InChI is InChI=1S/C11H12ClN5O/c1-2-18-8-4-3-7(5-14-8)17-11-9(13)10(12)15-6-16-11/h3-6H,2,13H2,1H3,(H,15,16,17). The molecule has 0 bridgehead atoms. The summed E-state index contributed by atoms with van der Waals surface area (Å²) in [6.45, 7) is 2.48. The first kappa shape index (κ1) is 12.4. The molecular formula is C11H12ClN5O. The van der Waals surface area contributed by atoms with E-state index in [2.05, 4.69) is 20.3 Å². The van der Waals surface area contributed by atoms with Crippen LogP contribution in [0.2, 0.25) is 5.15 Å². The topological polar surface area (TPSA) is 86.0 Å². The Bertz CT molecular complexity index is 531. The lowest BCUT2D eigenvalue weighted by molar-refractivity contribution is 0.327. The van der Waals surface area contributed by atoms with Gasteiger partial charge in [-0.2, -0.15) is 0 Å². The molecule has 0 aliphatic heterocycles. The number of nitrogen functional groups attached to an aromatic ring is 1. The van der Waals surface area contributed by atoms with Crippen LogP contribution in [0, 0.1) is 0 Å². The predicted molar refractivity (Wildman–Crippen MR) is 70.1 cm³/mol. The fourth-order valence-electron chi connectivity index (χ4n) is 1.30. The van der Waals surface area contributed by atoms with Crippen molar-refractivity contribution in [3.05, 3.63) is 29.8 Å². The van der Waals surface area contributed by atoms with Gasteiger partial charge in [-0.25, -0.2) is 15.0 Å². The van der Waals surface area contributed by atoms with Crippen LogP contribution in [-0.4, -0.2) is 21.6 Å². The molecule has 0 radical (unpaired) electrons. The van der Waals surface area contributed by atoms with E-state index in [1.54, 1.807) is 12.3 Å². The van der Waals surface area contributed by atoms with Crippen molar-refractivity contribution < 1.29 is 4.74 Å². The van der Waals surface area contributed by atoms with Crippen LogP contribution in [-0.2, 0) is 0 Å². The van der Waals surface area contributed by atoms with Gasteiger partial charge in [0.25, 0.3) is 0 Å². The van der Waals surface area contributed by atoms with Crippen LogP contribution in [0.3, 0.4) is 0 Å². The lowest BCUT2D eigenvalue weighted by atomic mass is 10.4. The number of nitrogens with one attached hydrogen (secondary N) is 1. The Labute approximate surface area is 109 Å². The summed E-state index contributed by atoms with van der Waals surface area (Å²) in [7, 11) is 0. The van der Waals surface area contributed by atoms with Crippen LogP contribution in [0.4, 0.5) is 17.2 Å². The number of aromatic nitrogens is 3. The Morgan fingerprint density at radius 2 is 2.17 bits per heavy atom. The third-order valence-electron chi connectivity index (χ3n) is 2.13. The summed E-state index contributed by atoms with van der Waals surface area (Å²) in [5.74, 6) is 1.01. The van der Waals surface area contributed by atoms with Gasteiger partial charge >= 0.3 is 0 Å². The number of rotatable bonds is 4. The van der Waals surface area contributed by atoms with Crippen molar-refractivity contribution in [1.82, 2.24) is 15.0 Å². The van der Waals surface area contributed by atoms with E-state index in [0.29, 0.717) is 24.0 Å². The Kier molecular flexibility index (Phi) is 3.78. The van der Waals surface area contributed by atoms with Crippen molar-refractivity contribution in [2.24, 2.45) is 0 Å². The second-order valence-electron chi connectivity index (χ2n) is 3.37. The number of nitrogens with zero attached hydrogens (tertiary/aromatic N) is 3. The van der Waals surface area contributed by atoms with Gasteiger partial charge in [0.2, 0.25) is 5.88 Å². The molecule has 2 aromatic heterocycles. The third kappa shape index (κ3) is 2.78. The molecule has 94 valence electrons. The Hall–Kier alpha value is -2.08. The van der Waals surface area contributed by atoms with Crippen LogP contribution >= 0.6 is 11.6 Å². The maximum atomic E-state index is 5.79. The molecule has 2 rings (SSSR count). The summed E-state index contributed by atoms with van der Waals surface area (Å²) in [4.78, 5) is 11.9. The normalized spacial score (nSPS) is 10.1. The van der Waals surface area contributed by atoms with E-state index < -0.39 is 0 Å². The molecule has 0 fully saturated rings. The fourth-order valence-corrected chi connectivity index (χ4v) is 1.43. The van der Waals surface area contributed by atoms with Gasteiger partial charge in [-0.3, -0.25) is 0 Å². The highest BCUT2D eigenvalue weighted by molar-refractivity contribution is 6.32. The minimum absolute atomic E-state index is 0.214. The van der Waals surface area contributed by atoms with Crippen molar-refractivity contribution in [2.75, 3.05) is 17.7 Å². The molecule has 0 unspecified atom stereocenters. The van der Waals surface area contributed by atoms with Gasteiger partial charge in [0.15, 0.2) is 11.0 Å². The number of ether oxygens (including phenoxy) is 1. The molecule has 0 saturated heterocycles. The smallest absolute Gasteiger partial charge is 0.213 e. The van der Waals surface area contributed by atoms with Gasteiger partial charge in [0.1, 0.15) is 12.0 Å². The second kappa shape index (κ2) is 5.50. The third-order valence-corrected chi connectivity index (χ3v) is 2.43. The summed E-state index contributed by atoms with van der Waals surface area (Å²) in [5.41, 5.74) is 6.78. The van der Waals surface area contributed by atoms with Gasteiger partial charge in [0.05, 0.1) is 18.5 Å². The molecule has 0 aliphatic carbocycles. The molecular weight excluding hydrogens is 254 g/mol. The molecule has 0 amide bonds. The zero-order chi connectivity index (χ0) is 13.0. The number of hydrogen-bond donors (Lipinski definition) is 2. The van der Waals surface area contributed by atoms with Crippen molar-refractivity contribution in [1.29, 1.82) is 0 Å². The van der Waals surface area contributed by atoms with E-state index in [-0.39, 0.29) is 5.15 Å². The van der Waals surface area contributed by atoms with E-state index in [1.165, 1.54) is 6.33 Å². The van der Waals surface area contributed by atoms with Gasteiger partial charge < -0.3 is 15.8 Å². The lowest BCUT2D eigenvalue weighted by Gasteiger charge is -2.08. The number of halogens is 1.